The number of halogens is 2. The molecule has 1 nitrogen and oxygen atoms in total. The maximum Gasteiger partial charge on any atom is 0.137 e. The largest absolute Gasteiger partial charge is 0.352 e. The first kappa shape index (κ1) is 12.9. The maximum absolute atomic E-state index is 6.14. The summed E-state index contributed by atoms with van der Waals surface area (Å²) in [5, 5.41) is 1.46. The number of thiocarbonyl (C=S) groups is 1. The number of alkyl halides is 1. The highest BCUT2D eigenvalue weighted by molar-refractivity contribution is 14.1. The fraction of sp³-hybridized carbons (Fsp3) is 0.364. The summed E-state index contributed by atoms with van der Waals surface area (Å²) in [5.74, 6) is 0. The predicted octanol–water partition coefficient (Wildman–Crippen LogP) is 3.98. The predicted molar refractivity (Wildman–Crippen MR) is 84.7 cm³/mol. The first-order chi connectivity index (χ1) is 7.70. The Hall–Kier alpha value is 0.480. The zero-order valence-corrected chi connectivity index (χ0v) is 13.1. The lowest BCUT2D eigenvalue weighted by Gasteiger charge is -2.17. The molecule has 0 aromatic heterocycles. The summed E-state index contributed by atoms with van der Waals surface area (Å²) >= 11 is 15.7. The van der Waals surface area contributed by atoms with Crippen molar-refractivity contribution >= 4 is 62.5 Å². The van der Waals surface area contributed by atoms with Crippen molar-refractivity contribution in [3.63, 3.8) is 0 Å². The van der Waals surface area contributed by atoms with Gasteiger partial charge in [0.2, 0.25) is 0 Å². The Labute approximate surface area is 124 Å². The lowest BCUT2D eigenvalue weighted by atomic mass is 10.2. The van der Waals surface area contributed by atoms with Crippen LogP contribution in [0.5, 0.6) is 0 Å². The number of hydrogen-bond acceptors (Lipinski definition) is 2. The van der Waals surface area contributed by atoms with Gasteiger partial charge in [0.15, 0.2) is 0 Å². The molecule has 1 aromatic rings. The van der Waals surface area contributed by atoms with Gasteiger partial charge < -0.3 is 4.90 Å². The van der Waals surface area contributed by atoms with Crippen LogP contribution in [-0.4, -0.2) is 25.4 Å². The van der Waals surface area contributed by atoms with Gasteiger partial charge >= 0.3 is 0 Å². The van der Waals surface area contributed by atoms with Crippen LogP contribution in [-0.2, 0) is 6.54 Å². The second-order valence-electron chi connectivity index (χ2n) is 3.63. The average molecular weight is 384 g/mol. The van der Waals surface area contributed by atoms with Gasteiger partial charge in [0.25, 0.3) is 0 Å². The monoisotopic (exact) mass is 383 g/mol. The Kier molecular flexibility index (Phi) is 4.76. The average Bonchev–Trinajstić information content (AvgIpc) is 2.63. The van der Waals surface area contributed by atoms with Crippen molar-refractivity contribution in [1.82, 2.24) is 4.90 Å². The summed E-state index contributed by atoms with van der Waals surface area (Å²) in [6.45, 7) is 1.87. The van der Waals surface area contributed by atoms with E-state index in [-0.39, 0.29) is 0 Å². The molecule has 16 heavy (non-hydrogen) atoms. The summed E-state index contributed by atoms with van der Waals surface area (Å²) in [6.07, 6.45) is 0. The van der Waals surface area contributed by atoms with Gasteiger partial charge in [-0.3, -0.25) is 0 Å². The van der Waals surface area contributed by atoms with Gasteiger partial charge in [-0.1, -0.05) is 76.4 Å². The van der Waals surface area contributed by atoms with Gasteiger partial charge in [0.1, 0.15) is 4.32 Å². The molecule has 0 spiro atoms. The number of hydrogen-bond donors (Lipinski definition) is 0. The molecule has 0 radical (unpaired) electrons. The summed E-state index contributed by atoms with van der Waals surface area (Å²) < 4.78 is 2.14. The van der Waals surface area contributed by atoms with Gasteiger partial charge in [-0.25, -0.2) is 0 Å². The summed E-state index contributed by atoms with van der Waals surface area (Å²) in [5.41, 5.74) is 1.15. The van der Waals surface area contributed by atoms with Crippen molar-refractivity contribution in [3.8, 4) is 0 Å². The summed E-state index contributed by atoms with van der Waals surface area (Å²) in [6, 6.07) is 7.96. The Balaban J connectivity index is 2.06. The normalized spacial score (nSPS) is 20.5. The molecule has 5 heteroatoms. The van der Waals surface area contributed by atoms with E-state index in [9.17, 15) is 0 Å². The molecule has 0 aliphatic carbocycles. The molecular weight excluding hydrogens is 373 g/mol. The Morgan fingerprint density at radius 3 is 2.88 bits per heavy atom. The first-order valence-electron chi connectivity index (χ1n) is 4.95. The molecule has 1 saturated heterocycles. The molecule has 1 unspecified atom stereocenters. The summed E-state index contributed by atoms with van der Waals surface area (Å²) in [4.78, 5) is 2.24. The van der Waals surface area contributed by atoms with Crippen molar-refractivity contribution < 1.29 is 0 Å². The molecule has 1 aromatic carbocycles. The Morgan fingerprint density at radius 1 is 1.50 bits per heavy atom. The highest BCUT2D eigenvalue weighted by Crippen LogP contribution is 2.29. The molecule has 0 saturated carbocycles. The standard InChI is InChI=1S/C11H11ClINS2/c12-10-4-2-1-3-8(10)6-14-7-9(5-13)16-11(14)15/h1-4,9H,5-7H2. The van der Waals surface area contributed by atoms with E-state index >= 15 is 0 Å². The molecule has 86 valence electrons. The van der Waals surface area contributed by atoms with E-state index in [1.807, 2.05) is 18.2 Å². The molecule has 1 fully saturated rings. The quantitative estimate of drug-likeness (QED) is 0.442. The topological polar surface area (TPSA) is 3.24 Å². The van der Waals surface area contributed by atoms with Crippen LogP contribution in [0.2, 0.25) is 5.02 Å². The molecule has 1 atom stereocenters. The third-order valence-electron chi connectivity index (χ3n) is 2.44. The number of thioether (sulfide) groups is 1. The minimum absolute atomic E-state index is 0.635. The molecule has 0 bridgehead atoms. The minimum atomic E-state index is 0.635. The smallest absolute Gasteiger partial charge is 0.137 e. The molecule has 1 aliphatic rings. The van der Waals surface area contributed by atoms with Crippen LogP contribution in [0.25, 0.3) is 0 Å². The second kappa shape index (κ2) is 5.89. The molecule has 0 amide bonds. The van der Waals surface area contributed by atoms with Gasteiger partial charge in [-0.05, 0) is 11.6 Å². The van der Waals surface area contributed by atoms with E-state index in [0.717, 1.165) is 32.4 Å². The van der Waals surface area contributed by atoms with Crippen molar-refractivity contribution in [2.75, 3.05) is 11.0 Å². The van der Waals surface area contributed by atoms with Crippen LogP contribution in [0, 0.1) is 0 Å². The van der Waals surface area contributed by atoms with E-state index in [1.165, 1.54) is 0 Å². The summed E-state index contributed by atoms with van der Waals surface area (Å²) in [7, 11) is 0. The van der Waals surface area contributed by atoms with Crippen LogP contribution in [0.4, 0.5) is 0 Å². The number of nitrogens with zero attached hydrogens (tertiary/aromatic N) is 1. The zero-order chi connectivity index (χ0) is 11.5. The van der Waals surface area contributed by atoms with Crippen molar-refractivity contribution in [2.24, 2.45) is 0 Å². The maximum atomic E-state index is 6.14. The molecule has 1 heterocycles. The van der Waals surface area contributed by atoms with E-state index in [0.29, 0.717) is 5.25 Å². The van der Waals surface area contributed by atoms with Gasteiger partial charge in [0, 0.05) is 27.8 Å². The second-order valence-corrected chi connectivity index (χ2v) is 6.85. The third-order valence-corrected chi connectivity index (χ3v) is 6.13. The highest BCUT2D eigenvalue weighted by atomic mass is 127. The lowest BCUT2D eigenvalue weighted by molar-refractivity contribution is 0.445. The molecular formula is C11H11ClINS2. The van der Waals surface area contributed by atoms with Crippen molar-refractivity contribution in [3.05, 3.63) is 34.9 Å². The highest BCUT2D eigenvalue weighted by Gasteiger charge is 2.26. The zero-order valence-electron chi connectivity index (χ0n) is 8.53. The lowest BCUT2D eigenvalue weighted by Crippen LogP contribution is -2.24. The van der Waals surface area contributed by atoms with Crippen LogP contribution in [0.15, 0.2) is 24.3 Å². The fourth-order valence-corrected chi connectivity index (χ4v) is 4.07. The van der Waals surface area contributed by atoms with Crippen LogP contribution in [0.1, 0.15) is 5.56 Å². The molecule has 2 rings (SSSR count). The molecule has 0 N–H and O–H groups in total. The van der Waals surface area contributed by atoms with Crippen LogP contribution in [0.3, 0.4) is 0 Å². The van der Waals surface area contributed by atoms with Crippen molar-refractivity contribution in [1.29, 1.82) is 0 Å². The van der Waals surface area contributed by atoms with Crippen molar-refractivity contribution in [2.45, 2.75) is 11.8 Å². The van der Waals surface area contributed by atoms with Crippen LogP contribution < -0.4 is 0 Å². The number of benzene rings is 1. The van der Waals surface area contributed by atoms with E-state index < -0.39 is 0 Å². The van der Waals surface area contributed by atoms with E-state index in [4.69, 9.17) is 23.8 Å². The van der Waals surface area contributed by atoms with E-state index in [1.54, 1.807) is 11.8 Å². The molecule has 1 aliphatic heterocycles. The Bertz CT molecular complexity index is 399. The Morgan fingerprint density at radius 2 is 2.25 bits per heavy atom. The van der Waals surface area contributed by atoms with Gasteiger partial charge in [0.05, 0.1) is 0 Å². The third kappa shape index (κ3) is 3.03. The number of rotatable bonds is 3. The minimum Gasteiger partial charge on any atom is -0.352 e. The van der Waals surface area contributed by atoms with Gasteiger partial charge in [-0.2, -0.15) is 0 Å². The van der Waals surface area contributed by atoms with Gasteiger partial charge in [-0.15, -0.1) is 0 Å². The SMILES string of the molecule is S=C1SC(CI)CN1Cc1ccccc1Cl. The van der Waals surface area contributed by atoms with Crippen LogP contribution >= 0.6 is 58.2 Å². The first-order valence-corrected chi connectivity index (χ1v) is 8.15. The fourth-order valence-electron chi connectivity index (χ4n) is 1.62. The van der Waals surface area contributed by atoms with E-state index in [2.05, 4.69) is 33.6 Å².